The number of nitrogens with zero attached hydrogens (tertiary/aromatic N) is 1. The number of hydrogen-bond donors (Lipinski definition) is 3. The third kappa shape index (κ3) is 6.75. The van der Waals surface area contributed by atoms with Gasteiger partial charge in [0.1, 0.15) is 5.60 Å². The molecule has 0 aliphatic rings. The smallest absolute Gasteiger partial charge is 0.414 e. The lowest BCUT2D eigenvalue weighted by Gasteiger charge is -2.20. The monoisotopic (exact) mass is 278 g/mol. The van der Waals surface area contributed by atoms with E-state index in [1.165, 1.54) is 0 Å². The van der Waals surface area contributed by atoms with Crippen LogP contribution in [0.25, 0.3) is 0 Å². The van der Waals surface area contributed by atoms with E-state index in [1.54, 1.807) is 27.8 Å². The first-order chi connectivity index (χ1) is 9.40. The summed E-state index contributed by atoms with van der Waals surface area (Å²) in [6.07, 6.45) is -0.549. The van der Waals surface area contributed by atoms with Crippen LogP contribution in [0.4, 0.5) is 4.79 Å². The molecule has 1 amide bonds. The van der Waals surface area contributed by atoms with E-state index in [0.717, 1.165) is 5.56 Å². The van der Waals surface area contributed by atoms with Crippen LogP contribution in [0.2, 0.25) is 0 Å². The number of hydrogen-bond acceptors (Lipinski definition) is 4. The fourth-order valence-corrected chi connectivity index (χ4v) is 1.38. The molecule has 0 radical (unpaired) electrons. The number of guanidine groups is 1. The zero-order valence-corrected chi connectivity index (χ0v) is 12.4. The Morgan fingerprint density at radius 3 is 2.45 bits per heavy atom. The highest BCUT2D eigenvalue weighted by Gasteiger charge is 2.17. The van der Waals surface area contributed by atoms with Crippen LogP contribution in [0.1, 0.15) is 26.3 Å². The highest BCUT2D eigenvalue weighted by atomic mass is 16.6. The highest BCUT2D eigenvalue weighted by molar-refractivity contribution is 5.93. The van der Waals surface area contributed by atoms with Gasteiger partial charge >= 0.3 is 6.09 Å². The number of nitrogens with one attached hydrogen (secondary N) is 3. The second-order valence-electron chi connectivity index (χ2n) is 5.15. The number of rotatable bonds is 3. The normalized spacial score (nSPS) is 11.9. The van der Waals surface area contributed by atoms with Crippen molar-refractivity contribution in [1.82, 2.24) is 16.2 Å². The summed E-state index contributed by atoms with van der Waals surface area (Å²) in [5.74, 6) is 0.311. The Morgan fingerprint density at radius 2 is 1.90 bits per heavy atom. The molecular formula is C14H22N4O2. The standard InChI is InChI=1S/C14H22N4O2/c1-14(2,3)20-13(19)17-12(18-15-4)16-10-11-8-6-5-7-9-11/h5-9,15H,10H2,1-4H3,(H2,16,17,18,19). The van der Waals surface area contributed by atoms with Gasteiger partial charge in [0, 0.05) is 7.05 Å². The molecule has 0 saturated carbocycles. The maximum absolute atomic E-state index is 11.7. The molecule has 0 bridgehead atoms. The summed E-state index contributed by atoms with van der Waals surface area (Å²) in [5.41, 5.74) is 5.98. The number of alkyl carbamates (subject to hydrolysis) is 1. The van der Waals surface area contributed by atoms with Gasteiger partial charge < -0.3 is 4.74 Å². The van der Waals surface area contributed by atoms with E-state index in [9.17, 15) is 4.79 Å². The molecule has 1 aromatic rings. The minimum atomic E-state index is -0.549. The van der Waals surface area contributed by atoms with Crippen molar-refractivity contribution in [2.75, 3.05) is 7.05 Å². The molecule has 0 fully saturated rings. The van der Waals surface area contributed by atoms with Crippen LogP contribution < -0.4 is 16.2 Å². The Hall–Kier alpha value is -2.08. The van der Waals surface area contributed by atoms with Crippen molar-refractivity contribution < 1.29 is 9.53 Å². The topological polar surface area (TPSA) is 74.8 Å². The number of carbonyl (C=O) groups is 1. The predicted molar refractivity (Wildman–Crippen MR) is 79.1 cm³/mol. The van der Waals surface area contributed by atoms with Crippen molar-refractivity contribution in [3.05, 3.63) is 35.9 Å². The molecule has 0 saturated heterocycles. The average molecular weight is 278 g/mol. The Kier molecular flexibility index (Phi) is 5.99. The molecule has 0 aliphatic carbocycles. The molecule has 6 heteroatoms. The first-order valence-corrected chi connectivity index (χ1v) is 6.42. The molecule has 0 unspecified atom stereocenters. The van der Waals surface area contributed by atoms with Gasteiger partial charge in [0.05, 0.1) is 6.54 Å². The van der Waals surface area contributed by atoms with Gasteiger partial charge in [-0.1, -0.05) is 30.3 Å². The largest absolute Gasteiger partial charge is 0.444 e. The number of carbonyl (C=O) groups excluding carboxylic acids is 1. The van der Waals surface area contributed by atoms with E-state index < -0.39 is 11.7 Å². The molecule has 0 heterocycles. The average Bonchev–Trinajstić information content (AvgIpc) is 2.35. The van der Waals surface area contributed by atoms with Crippen LogP contribution in [0.3, 0.4) is 0 Å². The Balaban J connectivity index is 2.62. The highest BCUT2D eigenvalue weighted by Crippen LogP contribution is 2.06. The van der Waals surface area contributed by atoms with Crippen molar-refractivity contribution in [3.63, 3.8) is 0 Å². The van der Waals surface area contributed by atoms with E-state index >= 15 is 0 Å². The summed E-state index contributed by atoms with van der Waals surface area (Å²) in [6, 6.07) is 9.76. The van der Waals surface area contributed by atoms with Gasteiger partial charge in [0.25, 0.3) is 0 Å². The van der Waals surface area contributed by atoms with Crippen molar-refractivity contribution in [2.45, 2.75) is 32.9 Å². The zero-order chi connectivity index (χ0) is 15.0. The maximum Gasteiger partial charge on any atom is 0.414 e. The van der Waals surface area contributed by atoms with Gasteiger partial charge in [-0.15, -0.1) is 0 Å². The molecule has 3 N–H and O–H groups in total. The molecule has 1 aromatic carbocycles. The van der Waals surface area contributed by atoms with E-state index in [1.807, 2.05) is 30.3 Å². The quantitative estimate of drug-likeness (QED) is 0.448. The second-order valence-corrected chi connectivity index (χ2v) is 5.15. The van der Waals surface area contributed by atoms with Gasteiger partial charge in [-0.3, -0.25) is 10.7 Å². The van der Waals surface area contributed by atoms with Crippen LogP contribution >= 0.6 is 0 Å². The van der Waals surface area contributed by atoms with Crippen molar-refractivity contribution >= 4 is 12.1 Å². The van der Waals surface area contributed by atoms with Crippen LogP contribution in [-0.4, -0.2) is 24.7 Å². The van der Waals surface area contributed by atoms with E-state index in [4.69, 9.17) is 4.74 Å². The number of hydrazine groups is 1. The van der Waals surface area contributed by atoms with E-state index in [-0.39, 0.29) is 0 Å². The summed E-state index contributed by atoms with van der Waals surface area (Å²) < 4.78 is 5.17. The number of benzene rings is 1. The van der Waals surface area contributed by atoms with Crippen LogP contribution in [0.15, 0.2) is 35.3 Å². The Labute approximate surface area is 119 Å². The summed E-state index contributed by atoms with van der Waals surface area (Å²) >= 11 is 0. The summed E-state index contributed by atoms with van der Waals surface area (Å²) in [7, 11) is 1.69. The molecule has 20 heavy (non-hydrogen) atoms. The zero-order valence-electron chi connectivity index (χ0n) is 12.4. The fraction of sp³-hybridized carbons (Fsp3) is 0.429. The summed E-state index contributed by atoms with van der Waals surface area (Å²) in [5, 5.41) is 2.56. The molecule has 0 aliphatic heterocycles. The maximum atomic E-state index is 11.7. The molecule has 0 aromatic heterocycles. The minimum Gasteiger partial charge on any atom is -0.444 e. The molecule has 6 nitrogen and oxygen atoms in total. The lowest BCUT2D eigenvalue weighted by molar-refractivity contribution is 0.0561. The molecule has 110 valence electrons. The van der Waals surface area contributed by atoms with Crippen molar-refractivity contribution in [2.24, 2.45) is 4.99 Å². The number of amides is 1. The first kappa shape index (κ1) is 16.0. The Morgan fingerprint density at radius 1 is 1.25 bits per heavy atom. The number of aliphatic imine (C=N–C) groups is 1. The molecule has 0 atom stereocenters. The molecule has 0 spiro atoms. The van der Waals surface area contributed by atoms with Crippen molar-refractivity contribution in [1.29, 1.82) is 0 Å². The summed E-state index contributed by atoms with van der Waals surface area (Å²) in [4.78, 5) is 16.0. The third-order valence-electron chi connectivity index (χ3n) is 2.13. The predicted octanol–water partition coefficient (Wildman–Crippen LogP) is 1.79. The van der Waals surface area contributed by atoms with Gasteiger partial charge in [-0.05, 0) is 26.3 Å². The molecular weight excluding hydrogens is 256 g/mol. The molecule has 1 rings (SSSR count). The number of ether oxygens (including phenoxy) is 1. The van der Waals surface area contributed by atoms with E-state index in [2.05, 4.69) is 21.2 Å². The first-order valence-electron chi connectivity index (χ1n) is 6.42. The van der Waals surface area contributed by atoms with Crippen LogP contribution in [0, 0.1) is 0 Å². The fourth-order valence-electron chi connectivity index (χ4n) is 1.38. The Bertz CT molecular complexity index is 452. The third-order valence-corrected chi connectivity index (χ3v) is 2.13. The lowest BCUT2D eigenvalue weighted by Crippen LogP contribution is -2.47. The van der Waals surface area contributed by atoms with Gasteiger partial charge in [-0.25, -0.2) is 15.2 Å². The van der Waals surface area contributed by atoms with Crippen molar-refractivity contribution in [3.8, 4) is 0 Å². The van der Waals surface area contributed by atoms with Gasteiger partial charge in [0.15, 0.2) is 0 Å². The lowest BCUT2D eigenvalue weighted by atomic mass is 10.2. The minimum absolute atomic E-state index is 0.311. The SMILES string of the molecule is CNNC(=NCc1ccccc1)NC(=O)OC(C)(C)C. The van der Waals surface area contributed by atoms with Gasteiger partial charge in [-0.2, -0.15) is 0 Å². The van der Waals surface area contributed by atoms with Crippen LogP contribution in [0.5, 0.6) is 0 Å². The van der Waals surface area contributed by atoms with E-state index in [0.29, 0.717) is 12.5 Å². The second kappa shape index (κ2) is 7.49. The van der Waals surface area contributed by atoms with Crippen LogP contribution in [-0.2, 0) is 11.3 Å². The summed E-state index contributed by atoms with van der Waals surface area (Å²) in [6.45, 7) is 5.87. The van der Waals surface area contributed by atoms with Gasteiger partial charge in [0.2, 0.25) is 5.96 Å².